The van der Waals surface area contributed by atoms with Crippen LogP contribution < -0.4 is 23.7 Å². The van der Waals surface area contributed by atoms with Crippen LogP contribution >= 0.6 is 0 Å². The Morgan fingerprint density at radius 2 is 1.27 bits per heavy atom. The van der Waals surface area contributed by atoms with E-state index in [2.05, 4.69) is 27.7 Å². The van der Waals surface area contributed by atoms with Crippen LogP contribution in [0.5, 0.6) is 28.7 Å². The number of hydrogen-bond acceptors (Lipinski definition) is 6. The summed E-state index contributed by atoms with van der Waals surface area (Å²) in [4.78, 5) is 0. The minimum absolute atomic E-state index is 0.442. The lowest BCUT2D eigenvalue weighted by Crippen LogP contribution is -2.30. The van der Waals surface area contributed by atoms with Crippen molar-refractivity contribution in [2.75, 3.05) is 26.4 Å². The summed E-state index contributed by atoms with van der Waals surface area (Å²) in [5, 5.41) is 11.2. The number of ether oxygens (including phenoxy) is 5. The fraction of sp³-hybridized carbons (Fsp3) is 0.613. The first-order valence-corrected chi connectivity index (χ1v) is 14.3. The van der Waals surface area contributed by atoms with Crippen molar-refractivity contribution in [3.63, 3.8) is 0 Å². The van der Waals surface area contributed by atoms with E-state index < -0.39 is 12.2 Å². The second-order valence-corrected chi connectivity index (χ2v) is 9.72. The summed E-state index contributed by atoms with van der Waals surface area (Å²) in [5.74, 6) is 3.60. The fourth-order valence-corrected chi connectivity index (χ4v) is 4.18. The first kappa shape index (κ1) is 29.0. The van der Waals surface area contributed by atoms with Crippen molar-refractivity contribution in [2.45, 2.75) is 97.7 Å². The van der Waals surface area contributed by atoms with Crippen LogP contribution in [0.25, 0.3) is 0 Å². The molecule has 0 unspecified atom stereocenters. The molecular formula is C31H46O6. The van der Waals surface area contributed by atoms with Crippen LogP contribution in [0.2, 0.25) is 0 Å². The third kappa shape index (κ3) is 8.46. The summed E-state index contributed by atoms with van der Waals surface area (Å²) < 4.78 is 30.6. The van der Waals surface area contributed by atoms with Gasteiger partial charge in [-0.25, -0.2) is 0 Å². The molecule has 2 aromatic rings. The van der Waals surface area contributed by atoms with E-state index in [-0.39, 0.29) is 0 Å². The Labute approximate surface area is 223 Å². The normalized spacial score (nSPS) is 16.6. The van der Waals surface area contributed by atoms with E-state index in [1.165, 1.54) is 0 Å². The highest BCUT2D eigenvalue weighted by Gasteiger charge is 2.33. The van der Waals surface area contributed by atoms with Crippen molar-refractivity contribution >= 4 is 0 Å². The molecular weight excluding hydrogens is 468 g/mol. The van der Waals surface area contributed by atoms with Gasteiger partial charge in [0.25, 0.3) is 0 Å². The Morgan fingerprint density at radius 3 is 1.89 bits per heavy atom. The van der Waals surface area contributed by atoms with Crippen LogP contribution in [-0.4, -0.2) is 37.6 Å². The molecule has 37 heavy (non-hydrogen) atoms. The van der Waals surface area contributed by atoms with Crippen molar-refractivity contribution in [2.24, 2.45) is 0 Å². The van der Waals surface area contributed by atoms with Crippen LogP contribution in [0.15, 0.2) is 30.3 Å². The van der Waals surface area contributed by atoms with E-state index in [1.54, 1.807) is 0 Å². The van der Waals surface area contributed by atoms with Gasteiger partial charge in [-0.1, -0.05) is 59.4 Å². The van der Waals surface area contributed by atoms with Crippen molar-refractivity contribution in [3.8, 4) is 28.7 Å². The summed E-state index contributed by atoms with van der Waals surface area (Å²) in [6.07, 6.45) is 7.35. The maximum atomic E-state index is 11.2. The zero-order valence-corrected chi connectivity index (χ0v) is 23.2. The van der Waals surface area contributed by atoms with Crippen LogP contribution in [0.4, 0.5) is 0 Å². The number of unbranched alkanes of at least 4 members (excludes halogenated alkanes) is 4. The molecule has 1 heterocycles. The second-order valence-electron chi connectivity index (χ2n) is 9.72. The number of fused-ring (bicyclic) bond motifs is 1. The van der Waals surface area contributed by atoms with Crippen molar-refractivity contribution in [3.05, 3.63) is 41.5 Å². The minimum atomic E-state index is -0.719. The van der Waals surface area contributed by atoms with Crippen LogP contribution in [-0.2, 0) is 6.42 Å². The Bertz CT molecular complexity index is 944. The Balaban J connectivity index is 1.87. The quantitative estimate of drug-likeness (QED) is 0.221. The lowest BCUT2D eigenvalue weighted by atomic mass is 9.93. The molecule has 0 aromatic heterocycles. The molecule has 0 aliphatic carbocycles. The molecule has 2 aromatic carbocycles. The van der Waals surface area contributed by atoms with E-state index in [4.69, 9.17) is 23.7 Å². The fourth-order valence-electron chi connectivity index (χ4n) is 4.18. The molecule has 206 valence electrons. The van der Waals surface area contributed by atoms with Gasteiger partial charge in [0.05, 0.1) is 32.5 Å². The molecule has 3 rings (SSSR count). The van der Waals surface area contributed by atoms with E-state index in [0.717, 1.165) is 79.7 Å². The van der Waals surface area contributed by atoms with Gasteiger partial charge < -0.3 is 28.8 Å². The summed E-state index contributed by atoms with van der Waals surface area (Å²) in [6, 6.07) is 9.71. The highest BCUT2D eigenvalue weighted by Crippen LogP contribution is 2.44. The van der Waals surface area contributed by atoms with Crippen LogP contribution in [0, 0.1) is 0 Å². The van der Waals surface area contributed by atoms with E-state index >= 15 is 0 Å². The van der Waals surface area contributed by atoms with Gasteiger partial charge in [-0.2, -0.15) is 0 Å². The lowest BCUT2D eigenvalue weighted by molar-refractivity contribution is 0.0193. The third-order valence-electron chi connectivity index (χ3n) is 6.49. The van der Waals surface area contributed by atoms with E-state index in [0.29, 0.717) is 44.3 Å². The minimum Gasteiger partial charge on any atom is -0.493 e. The van der Waals surface area contributed by atoms with Gasteiger partial charge in [0.15, 0.2) is 11.5 Å². The highest BCUT2D eigenvalue weighted by molar-refractivity contribution is 5.53. The maximum Gasteiger partial charge on any atom is 0.161 e. The molecule has 0 saturated heterocycles. The average molecular weight is 515 g/mol. The molecule has 6 nitrogen and oxygen atoms in total. The highest BCUT2D eigenvalue weighted by atomic mass is 16.5. The smallest absolute Gasteiger partial charge is 0.161 e. The largest absolute Gasteiger partial charge is 0.493 e. The summed E-state index contributed by atoms with van der Waals surface area (Å²) in [7, 11) is 0. The van der Waals surface area contributed by atoms with Crippen LogP contribution in [0.1, 0.15) is 96.3 Å². The first-order valence-electron chi connectivity index (χ1n) is 14.3. The number of aliphatic hydroxyl groups excluding tert-OH is 1. The molecule has 0 spiro atoms. The zero-order chi connectivity index (χ0) is 26.5. The summed E-state index contributed by atoms with van der Waals surface area (Å²) >= 11 is 0. The van der Waals surface area contributed by atoms with Gasteiger partial charge in [0, 0.05) is 24.1 Å². The Hall–Kier alpha value is -2.60. The number of aliphatic hydroxyl groups is 1. The Kier molecular flexibility index (Phi) is 12.2. The monoisotopic (exact) mass is 514 g/mol. The van der Waals surface area contributed by atoms with Gasteiger partial charge in [0.1, 0.15) is 23.4 Å². The third-order valence-corrected chi connectivity index (χ3v) is 6.49. The number of benzene rings is 2. The number of hydrogen-bond donors (Lipinski definition) is 1. The molecule has 0 fully saturated rings. The average Bonchev–Trinajstić information content (AvgIpc) is 2.90. The zero-order valence-electron chi connectivity index (χ0n) is 23.2. The van der Waals surface area contributed by atoms with Gasteiger partial charge >= 0.3 is 0 Å². The molecule has 6 heteroatoms. The number of rotatable bonds is 17. The SMILES string of the molecule is CCCCOc1cc(OCCCC)c2c(c1)O[C@@H](c1ccc(OCCCC)c(OCCCC)c1)[C@@H](O)C2. The predicted molar refractivity (Wildman–Crippen MR) is 148 cm³/mol. The molecule has 1 aliphatic heterocycles. The molecule has 0 radical (unpaired) electrons. The van der Waals surface area contributed by atoms with Gasteiger partial charge in [-0.15, -0.1) is 0 Å². The Morgan fingerprint density at radius 1 is 0.703 bits per heavy atom. The van der Waals surface area contributed by atoms with E-state index in [9.17, 15) is 5.11 Å². The topological polar surface area (TPSA) is 66.4 Å². The second kappa shape index (κ2) is 15.6. The van der Waals surface area contributed by atoms with Crippen molar-refractivity contribution in [1.82, 2.24) is 0 Å². The standard InChI is InChI=1S/C31H46O6/c1-5-9-15-33-24-20-28(35-17-11-7-3)25-22-26(32)31(37-29(25)21-24)23-13-14-27(34-16-10-6-2)30(19-23)36-18-12-8-4/h13-14,19-21,26,31-32H,5-12,15-18,22H2,1-4H3/t26-,31-/m0/s1. The lowest BCUT2D eigenvalue weighted by Gasteiger charge is -2.32. The van der Waals surface area contributed by atoms with E-state index in [1.807, 2.05) is 30.3 Å². The molecule has 0 bridgehead atoms. The molecule has 2 atom stereocenters. The molecule has 0 saturated carbocycles. The van der Waals surface area contributed by atoms with Gasteiger partial charge in [-0.05, 0) is 43.4 Å². The summed E-state index contributed by atoms with van der Waals surface area (Å²) in [6.45, 7) is 11.1. The summed E-state index contributed by atoms with van der Waals surface area (Å²) in [5.41, 5.74) is 1.75. The van der Waals surface area contributed by atoms with Gasteiger partial charge in [-0.3, -0.25) is 0 Å². The van der Waals surface area contributed by atoms with Crippen molar-refractivity contribution in [1.29, 1.82) is 0 Å². The van der Waals surface area contributed by atoms with Gasteiger partial charge in [0.2, 0.25) is 0 Å². The maximum absolute atomic E-state index is 11.2. The van der Waals surface area contributed by atoms with Crippen LogP contribution in [0.3, 0.4) is 0 Å². The molecule has 1 aliphatic rings. The van der Waals surface area contributed by atoms with Crippen molar-refractivity contribution < 1.29 is 28.8 Å². The molecule has 1 N–H and O–H groups in total. The first-order chi connectivity index (χ1) is 18.1. The predicted octanol–water partition coefficient (Wildman–Crippen LogP) is 7.44. The molecule has 0 amide bonds.